The quantitative estimate of drug-likeness (QED) is 0.477. The summed E-state index contributed by atoms with van der Waals surface area (Å²) in [4.78, 5) is 0. The molecule has 3 heteroatoms. The second-order valence-electron chi connectivity index (χ2n) is 12.1. The third kappa shape index (κ3) is 5.72. The van der Waals surface area contributed by atoms with Crippen LogP contribution in [0.5, 0.6) is 0 Å². The van der Waals surface area contributed by atoms with Crippen LogP contribution >= 0.6 is 0 Å². The van der Waals surface area contributed by atoms with Gasteiger partial charge in [-0.2, -0.15) is 0 Å². The standard InChI is InChI=1S/C28H46O3/c1-19(9-7-15-26(3,4)30)23-13-14-24-21(10-8-16-28(23,24)6)11-12-22-17-27(5,31)18-25(29)20(22)2/h11-12,19,23-25,29-31H,2,7-10,13-18H2,1,3-6H3/b21-11+,22-12-/t19-,23?,24?,25-,27+,28+/m0/s1. The van der Waals surface area contributed by atoms with Gasteiger partial charge in [-0.05, 0) is 93.6 Å². The molecule has 0 aromatic carbocycles. The number of hydrogen-bond acceptors (Lipinski definition) is 3. The lowest BCUT2D eigenvalue weighted by molar-refractivity contribution is 0.00361. The average Bonchev–Trinajstić information content (AvgIpc) is 2.99. The normalized spacial score (nSPS) is 40.4. The highest BCUT2D eigenvalue weighted by Crippen LogP contribution is 2.60. The van der Waals surface area contributed by atoms with Crippen molar-refractivity contribution in [2.45, 2.75) is 116 Å². The van der Waals surface area contributed by atoms with Crippen molar-refractivity contribution < 1.29 is 15.3 Å². The lowest BCUT2D eigenvalue weighted by Crippen LogP contribution is -2.37. The molecule has 3 aliphatic rings. The lowest BCUT2D eigenvalue weighted by atomic mass is 9.60. The Balaban J connectivity index is 1.72. The molecule has 3 aliphatic carbocycles. The van der Waals surface area contributed by atoms with Gasteiger partial charge in [0.1, 0.15) is 0 Å². The molecule has 0 spiro atoms. The first kappa shape index (κ1) is 24.7. The molecule has 0 saturated heterocycles. The molecule has 0 radical (unpaired) electrons. The van der Waals surface area contributed by atoms with Crippen molar-refractivity contribution in [3.8, 4) is 0 Å². The summed E-state index contributed by atoms with van der Waals surface area (Å²) < 4.78 is 0. The minimum atomic E-state index is -0.858. The van der Waals surface area contributed by atoms with Crippen molar-refractivity contribution in [3.63, 3.8) is 0 Å². The lowest BCUT2D eigenvalue weighted by Gasteiger charge is -2.44. The van der Waals surface area contributed by atoms with E-state index in [-0.39, 0.29) is 0 Å². The predicted octanol–water partition coefficient (Wildman–Crippen LogP) is 6.09. The predicted molar refractivity (Wildman–Crippen MR) is 129 cm³/mol. The highest BCUT2D eigenvalue weighted by molar-refractivity contribution is 5.39. The Morgan fingerprint density at radius 3 is 2.61 bits per heavy atom. The number of rotatable bonds is 6. The van der Waals surface area contributed by atoms with Gasteiger partial charge in [0, 0.05) is 12.8 Å². The van der Waals surface area contributed by atoms with Crippen molar-refractivity contribution in [1.82, 2.24) is 0 Å². The Morgan fingerprint density at radius 1 is 1.23 bits per heavy atom. The summed E-state index contributed by atoms with van der Waals surface area (Å²) in [5, 5.41) is 30.8. The number of hydrogen-bond donors (Lipinski definition) is 3. The van der Waals surface area contributed by atoms with Crippen LogP contribution < -0.4 is 0 Å². The molecule has 3 fully saturated rings. The molecular formula is C28H46O3. The van der Waals surface area contributed by atoms with E-state index in [0.717, 1.165) is 36.3 Å². The van der Waals surface area contributed by atoms with Crippen molar-refractivity contribution >= 4 is 0 Å². The molecule has 176 valence electrons. The van der Waals surface area contributed by atoms with Gasteiger partial charge in [0.15, 0.2) is 0 Å². The van der Waals surface area contributed by atoms with Crippen LogP contribution in [0, 0.1) is 23.2 Å². The molecule has 0 aromatic heterocycles. The summed E-state index contributed by atoms with van der Waals surface area (Å²) in [5.74, 6) is 2.09. The Labute approximate surface area is 190 Å². The van der Waals surface area contributed by atoms with Gasteiger partial charge in [0.05, 0.1) is 17.3 Å². The van der Waals surface area contributed by atoms with E-state index in [1.807, 2.05) is 20.8 Å². The first-order valence-corrected chi connectivity index (χ1v) is 12.5. The van der Waals surface area contributed by atoms with E-state index in [0.29, 0.717) is 30.1 Å². The minimum Gasteiger partial charge on any atom is -0.390 e. The molecule has 6 atom stereocenters. The molecular weight excluding hydrogens is 384 g/mol. The molecule has 0 heterocycles. The van der Waals surface area contributed by atoms with Crippen LogP contribution in [0.1, 0.15) is 98.8 Å². The van der Waals surface area contributed by atoms with Gasteiger partial charge in [-0.1, -0.05) is 51.0 Å². The number of aliphatic hydroxyl groups excluding tert-OH is 1. The molecule has 31 heavy (non-hydrogen) atoms. The molecule has 2 unspecified atom stereocenters. The topological polar surface area (TPSA) is 60.7 Å². The third-order valence-corrected chi connectivity index (χ3v) is 8.69. The third-order valence-electron chi connectivity index (χ3n) is 8.69. The van der Waals surface area contributed by atoms with Gasteiger partial charge >= 0.3 is 0 Å². The smallest absolute Gasteiger partial charge is 0.0814 e. The molecule has 0 aliphatic heterocycles. The fraction of sp³-hybridized carbons (Fsp3) is 0.786. The van der Waals surface area contributed by atoms with Crippen LogP contribution in [-0.2, 0) is 0 Å². The Hall–Kier alpha value is -0.900. The fourth-order valence-corrected chi connectivity index (χ4v) is 7.00. The summed E-state index contributed by atoms with van der Waals surface area (Å²) >= 11 is 0. The monoisotopic (exact) mass is 430 g/mol. The van der Waals surface area contributed by atoms with E-state index in [1.54, 1.807) is 5.57 Å². The molecule has 3 rings (SSSR count). The van der Waals surface area contributed by atoms with E-state index >= 15 is 0 Å². The van der Waals surface area contributed by atoms with E-state index < -0.39 is 17.3 Å². The average molecular weight is 431 g/mol. The second kappa shape index (κ2) is 9.15. The molecule has 0 amide bonds. The summed E-state index contributed by atoms with van der Waals surface area (Å²) in [5.41, 5.74) is 2.27. The van der Waals surface area contributed by atoms with Crippen molar-refractivity contribution in [2.75, 3.05) is 0 Å². The molecule has 0 aromatic rings. The first-order valence-electron chi connectivity index (χ1n) is 12.5. The van der Waals surface area contributed by atoms with Gasteiger partial charge in [0.2, 0.25) is 0 Å². The minimum absolute atomic E-state index is 0.366. The molecule has 3 nitrogen and oxygen atoms in total. The highest BCUT2D eigenvalue weighted by atomic mass is 16.3. The van der Waals surface area contributed by atoms with Gasteiger partial charge in [0.25, 0.3) is 0 Å². The maximum atomic E-state index is 10.5. The highest BCUT2D eigenvalue weighted by Gasteiger charge is 2.50. The Kier molecular flexibility index (Phi) is 7.30. The van der Waals surface area contributed by atoms with Crippen LogP contribution in [0.15, 0.2) is 35.5 Å². The number of fused-ring (bicyclic) bond motifs is 1. The largest absolute Gasteiger partial charge is 0.390 e. The number of allylic oxidation sites excluding steroid dienone is 3. The summed E-state index contributed by atoms with van der Waals surface area (Å²) in [6.45, 7) is 14.7. The maximum absolute atomic E-state index is 10.5. The van der Waals surface area contributed by atoms with Crippen LogP contribution in [0.25, 0.3) is 0 Å². The van der Waals surface area contributed by atoms with Gasteiger partial charge in [-0.15, -0.1) is 0 Å². The fourth-order valence-electron chi connectivity index (χ4n) is 7.00. The molecule has 3 N–H and O–H groups in total. The van der Waals surface area contributed by atoms with E-state index in [4.69, 9.17) is 0 Å². The summed E-state index contributed by atoms with van der Waals surface area (Å²) in [6, 6.07) is 0. The zero-order chi connectivity index (χ0) is 23.0. The molecule has 0 bridgehead atoms. The maximum Gasteiger partial charge on any atom is 0.0814 e. The summed E-state index contributed by atoms with van der Waals surface area (Å²) in [7, 11) is 0. The van der Waals surface area contributed by atoms with Crippen LogP contribution in [0.3, 0.4) is 0 Å². The zero-order valence-electron chi connectivity index (χ0n) is 20.6. The van der Waals surface area contributed by atoms with Crippen LogP contribution in [0.2, 0.25) is 0 Å². The van der Waals surface area contributed by atoms with Gasteiger partial charge < -0.3 is 15.3 Å². The first-order chi connectivity index (χ1) is 14.3. The van der Waals surface area contributed by atoms with E-state index in [2.05, 4.69) is 32.6 Å². The van der Waals surface area contributed by atoms with Gasteiger partial charge in [-0.25, -0.2) is 0 Å². The second-order valence-corrected chi connectivity index (χ2v) is 12.1. The van der Waals surface area contributed by atoms with Crippen LogP contribution in [-0.4, -0.2) is 32.6 Å². The van der Waals surface area contributed by atoms with Crippen LogP contribution in [0.4, 0.5) is 0 Å². The molecule has 3 saturated carbocycles. The number of aliphatic hydroxyl groups is 3. The Bertz CT molecular complexity index is 723. The summed E-state index contributed by atoms with van der Waals surface area (Å²) in [6.07, 6.45) is 14.2. The van der Waals surface area contributed by atoms with Gasteiger partial charge in [-0.3, -0.25) is 0 Å². The Morgan fingerprint density at radius 2 is 1.94 bits per heavy atom. The van der Waals surface area contributed by atoms with E-state index in [1.165, 1.54) is 32.1 Å². The SMILES string of the molecule is C=C1/C(=C\C=C2/CCC[C@@]3(C)C2CCC3[C@@H](C)CCCC(C)(C)O)C[C@@](C)(O)C[C@@H]1O. The van der Waals surface area contributed by atoms with Crippen molar-refractivity contribution in [3.05, 3.63) is 35.5 Å². The van der Waals surface area contributed by atoms with Crippen molar-refractivity contribution in [1.29, 1.82) is 0 Å². The zero-order valence-corrected chi connectivity index (χ0v) is 20.6. The van der Waals surface area contributed by atoms with E-state index in [9.17, 15) is 15.3 Å². The van der Waals surface area contributed by atoms with Crippen molar-refractivity contribution in [2.24, 2.45) is 23.2 Å².